The molecule has 0 bridgehead atoms. The predicted octanol–water partition coefficient (Wildman–Crippen LogP) is 2.73. The zero-order chi connectivity index (χ0) is 13.0. The van der Waals surface area contributed by atoms with Crippen molar-refractivity contribution in [3.05, 3.63) is 16.4 Å². The number of hydrogen-bond acceptors (Lipinski definition) is 3. The maximum atomic E-state index is 6.31. The van der Waals surface area contributed by atoms with Crippen LogP contribution >= 0.6 is 15.9 Å². The summed E-state index contributed by atoms with van der Waals surface area (Å²) in [6.07, 6.45) is 2.84. The van der Waals surface area contributed by atoms with Crippen molar-refractivity contribution in [2.45, 2.75) is 45.9 Å². The second-order valence-electron chi connectivity index (χ2n) is 4.57. The lowest BCUT2D eigenvalue weighted by Gasteiger charge is -2.26. The van der Waals surface area contributed by atoms with Crippen molar-refractivity contribution < 1.29 is 4.74 Å². The highest BCUT2D eigenvalue weighted by molar-refractivity contribution is 9.10. The van der Waals surface area contributed by atoms with Crippen molar-refractivity contribution in [3.63, 3.8) is 0 Å². The van der Waals surface area contributed by atoms with Crippen molar-refractivity contribution in [2.75, 3.05) is 7.11 Å². The minimum atomic E-state index is -0.163. The summed E-state index contributed by atoms with van der Waals surface area (Å²) in [5.41, 5.74) is 7.33. The van der Waals surface area contributed by atoms with Gasteiger partial charge in [-0.25, -0.2) is 0 Å². The highest BCUT2D eigenvalue weighted by atomic mass is 79.9. The monoisotopic (exact) mass is 303 g/mol. The summed E-state index contributed by atoms with van der Waals surface area (Å²) >= 11 is 3.52. The van der Waals surface area contributed by atoms with Gasteiger partial charge in [0, 0.05) is 13.7 Å². The second kappa shape index (κ2) is 6.52. The number of nitrogens with zero attached hydrogens (tertiary/aromatic N) is 2. The number of methoxy groups -OCH3 is 1. The third-order valence-electron chi connectivity index (χ3n) is 2.87. The van der Waals surface area contributed by atoms with Crippen molar-refractivity contribution in [1.29, 1.82) is 0 Å². The van der Waals surface area contributed by atoms with Gasteiger partial charge in [0.05, 0.1) is 28.5 Å². The first-order chi connectivity index (χ1) is 8.02. The number of aromatic nitrogens is 2. The molecular weight excluding hydrogens is 282 g/mol. The van der Waals surface area contributed by atoms with E-state index in [1.807, 2.05) is 4.68 Å². The van der Waals surface area contributed by atoms with Gasteiger partial charge in [-0.05, 0) is 28.3 Å². The van der Waals surface area contributed by atoms with Crippen molar-refractivity contribution >= 4 is 15.9 Å². The lowest BCUT2D eigenvalue weighted by atomic mass is 9.97. The minimum Gasteiger partial charge on any atom is -0.379 e. The molecule has 0 aliphatic rings. The van der Waals surface area contributed by atoms with E-state index >= 15 is 0 Å². The summed E-state index contributed by atoms with van der Waals surface area (Å²) in [5, 5.41) is 4.34. The molecule has 2 N–H and O–H groups in total. The predicted molar refractivity (Wildman–Crippen MR) is 72.8 cm³/mol. The van der Waals surface area contributed by atoms with Gasteiger partial charge in [0.15, 0.2) is 0 Å². The molecule has 17 heavy (non-hydrogen) atoms. The van der Waals surface area contributed by atoms with E-state index in [9.17, 15) is 0 Å². The fourth-order valence-electron chi connectivity index (χ4n) is 2.08. The fraction of sp³-hybridized carbons (Fsp3) is 0.750. The van der Waals surface area contributed by atoms with Crippen molar-refractivity contribution in [2.24, 2.45) is 11.7 Å². The molecule has 1 rings (SSSR count). The summed E-state index contributed by atoms with van der Waals surface area (Å²) in [6, 6.07) is -0.163. The minimum absolute atomic E-state index is 0.00129. The number of halogens is 1. The molecule has 2 atom stereocenters. The quantitative estimate of drug-likeness (QED) is 0.879. The molecule has 98 valence electrons. The summed E-state index contributed by atoms with van der Waals surface area (Å²) < 4.78 is 8.42. The van der Waals surface area contributed by atoms with Gasteiger partial charge in [0.1, 0.15) is 0 Å². The average Bonchev–Trinajstić information content (AvgIpc) is 2.60. The molecule has 1 aromatic rings. The molecule has 2 unspecified atom stereocenters. The Morgan fingerprint density at radius 2 is 2.18 bits per heavy atom. The van der Waals surface area contributed by atoms with Gasteiger partial charge in [-0.1, -0.05) is 20.8 Å². The largest absolute Gasteiger partial charge is 0.379 e. The topological polar surface area (TPSA) is 53.1 Å². The molecule has 0 amide bonds. The summed E-state index contributed by atoms with van der Waals surface area (Å²) in [4.78, 5) is 0. The van der Waals surface area contributed by atoms with E-state index in [1.54, 1.807) is 13.3 Å². The number of nitrogens with two attached hydrogens (primary N) is 1. The zero-order valence-electron chi connectivity index (χ0n) is 11.0. The van der Waals surface area contributed by atoms with Crippen LogP contribution in [-0.2, 0) is 11.3 Å². The fourth-order valence-corrected chi connectivity index (χ4v) is 2.64. The van der Waals surface area contributed by atoms with Crippen LogP contribution in [0.1, 0.15) is 38.9 Å². The van der Waals surface area contributed by atoms with E-state index in [0.717, 1.165) is 23.1 Å². The first kappa shape index (κ1) is 14.7. The molecule has 0 saturated carbocycles. The SMILES string of the molecule is CCCn1ncc(Br)c1C(N)C(OC)C(C)C. The van der Waals surface area contributed by atoms with E-state index < -0.39 is 0 Å². The lowest BCUT2D eigenvalue weighted by Crippen LogP contribution is -2.34. The summed E-state index contributed by atoms with van der Waals surface area (Å²) in [5.74, 6) is 0.367. The molecule has 0 saturated heterocycles. The van der Waals surface area contributed by atoms with Gasteiger partial charge < -0.3 is 10.5 Å². The Kier molecular flexibility index (Phi) is 5.62. The van der Waals surface area contributed by atoms with Crippen LogP contribution < -0.4 is 5.73 Å². The Bertz CT molecular complexity index is 352. The maximum Gasteiger partial charge on any atom is 0.0802 e. The van der Waals surface area contributed by atoms with E-state index in [0.29, 0.717) is 5.92 Å². The van der Waals surface area contributed by atoms with Crippen LogP contribution in [0.4, 0.5) is 0 Å². The third-order valence-corrected chi connectivity index (χ3v) is 3.48. The first-order valence-corrected chi connectivity index (χ1v) is 6.81. The van der Waals surface area contributed by atoms with Crippen molar-refractivity contribution in [3.8, 4) is 0 Å². The van der Waals surface area contributed by atoms with Crippen LogP contribution in [0.25, 0.3) is 0 Å². The Balaban J connectivity index is 3.00. The van der Waals surface area contributed by atoms with Crippen LogP contribution in [0.5, 0.6) is 0 Å². The number of hydrogen-bond donors (Lipinski definition) is 1. The maximum absolute atomic E-state index is 6.31. The van der Waals surface area contributed by atoms with Gasteiger partial charge in [0.25, 0.3) is 0 Å². The van der Waals surface area contributed by atoms with Crippen LogP contribution in [0.3, 0.4) is 0 Å². The van der Waals surface area contributed by atoms with Crippen LogP contribution in [0.15, 0.2) is 10.7 Å². The zero-order valence-corrected chi connectivity index (χ0v) is 12.6. The molecule has 1 heterocycles. The Morgan fingerprint density at radius 3 is 2.65 bits per heavy atom. The van der Waals surface area contributed by atoms with Gasteiger partial charge in [-0.2, -0.15) is 5.10 Å². The van der Waals surface area contributed by atoms with E-state index in [-0.39, 0.29) is 12.1 Å². The van der Waals surface area contributed by atoms with E-state index in [1.165, 1.54) is 0 Å². The number of ether oxygens (including phenoxy) is 1. The van der Waals surface area contributed by atoms with Crippen LogP contribution in [0.2, 0.25) is 0 Å². The summed E-state index contributed by atoms with van der Waals surface area (Å²) in [7, 11) is 1.71. The first-order valence-electron chi connectivity index (χ1n) is 6.02. The molecule has 0 spiro atoms. The Labute approximate surface area is 112 Å². The molecule has 0 aromatic carbocycles. The average molecular weight is 304 g/mol. The smallest absolute Gasteiger partial charge is 0.0802 e. The molecule has 0 radical (unpaired) electrons. The van der Waals surface area contributed by atoms with Gasteiger partial charge in [-0.3, -0.25) is 4.68 Å². The molecule has 0 aliphatic heterocycles. The normalized spacial score (nSPS) is 15.2. The molecule has 0 aliphatic carbocycles. The van der Waals surface area contributed by atoms with E-state index in [4.69, 9.17) is 10.5 Å². The van der Waals surface area contributed by atoms with Crippen LogP contribution in [0, 0.1) is 5.92 Å². The van der Waals surface area contributed by atoms with Gasteiger partial charge in [0.2, 0.25) is 0 Å². The molecule has 0 fully saturated rings. The highest BCUT2D eigenvalue weighted by Crippen LogP contribution is 2.28. The molecule has 5 heteroatoms. The van der Waals surface area contributed by atoms with Gasteiger partial charge in [-0.15, -0.1) is 0 Å². The molecular formula is C12H22BrN3O. The standard InChI is InChI=1S/C12H22BrN3O/c1-5-6-16-11(9(13)7-15-16)10(14)12(17-4)8(2)3/h7-8,10,12H,5-6,14H2,1-4H3. The molecule has 1 aromatic heterocycles. The van der Waals surface area contributed by atoms with Gasteiger partial charge >= 0.3 is 0 Å². The number of aryl methyl sites for hydroxylation is 1. The summed E-state index contributed by atoms with van der Waals surface area (Å²) in [6.45, 7) is 7.23. The van der Waals surface area contributed by atoms with E-state index in [2.05, 4.69) is 41.8 Å². The van der Waals surface area contributed by atoms with Crippen LogP contribution in [-0.4, -0.2) is 23.0 Å². The highest BCUT2D eigenvalue weighted by Gasteiger charge is 2.27. The second-order valence-corrected chi connectivity index (χ2v) is 5.43. The third kappa shape index (κ3) is 3.30. The molecule has 4 nitrogen and oxygen atoms in total. The van der Waals surface area contributed by atoms with Crippen molar-refractivity contribution in [1.82, 2.24) is 9.78 Å². The Morgan fingerprint density at radius 1 is 1.53 bits per heavy atom. The number of rotatable bonds is 6. The lowest BCUT2D eigenvalue weighted by molar-refractivity contribution is 0.0412. The Hall–Kier alpha value is -0.390.